The van der Waals surface area contributed by atoms with Gasteiger partial charge in [-0.3, -0.25) is 4.79 Å². The predicted molar refractivity (Wildman–Crippen MR) is 89.5 cm³/mol. The van der Waals surface area contributed by atoms with E-state index in [0.717, 1.165) is 11.3 Å². The molecule has 0 bridgehead atoms. The number of rotatable bonds is 4. The number of amides is 1. The van der Waals surface area contributed by atoms with E-state index < -0.39 is 29.2 Å². The number of carbonyl (C=O) groups excluding carboxylic acids is 2. The van der Waals surface area contributed by atoms with E-state index >= 15 is 0 Å². The lowest BCUT2D eigenvalue weighted by Crippen LogP contribution is -2.60. The van der Waals surface area contributed by atoms with Crippen molar-refractivity contribution in [3.8, 4) is 0 Å². The molecule has 1 aromatic carbocycles. The monoisotopic (exact) mass is 385 g/mol. The minimum Gasteiger partial charge on any atom is -0.462 e. The van der Waals surface area contributed by atoms with Crippen LogP contribution < -0.4 is 10.6 Å². The summed E-state index contributed by atoms with van der Waals surface area (Å²) < 4.78 is 47.5. The molecule has 138 valence electrons. The zero-order chi connectivity index (χ0) is 19.1. The van der Waals surface area contributed by atoms with Crippen molar-refractivity contribution in [3.05, 3.63) is 35.5 Å². The van der Waals surface area contributed by atoms with Crippen molar-refractivity contribution < 1.29 is 27.5 Å². The molecule has 1 aliphatic heterocycles. The first-order chi connectivity index (χ1) is 12.2. The van der Waals surface area contributed by atoms with Gasteiger partial charge < -0.3 is 15.4 Å². The highest BCUT2D eigenvalue weighted by Crippen LogP contribution is 2.44. The summed E-state index contributed by atoms with van der Waals surface area (Å²) in [5.74, 6) is -2.61. The van der Waals surface area contributed by atoms with Crippen LogP contribution in [0, 0.1) is 0 Å². The normalized spacial score (nSPS) is 20.4. The standard InChI is InChI=1S/C16H14F3N3O3S/c1-3-25-12(23)11-8(2)20-13(24)15(11,16(17,18)19)22-14-21-9-6-4-5-7-10(9)26-14/h4-7H,3H2,1-2H3,(H,20,24)(H,21,22)/t15-/m1/s1. The molecule has 10 heteroatoms. The second-order valence-corrected chi connectivity index (χ2v) is 6.56. The Morgan fingerprint density at radius 3 is 2.69 bits per heavy atom. The van der Waals surface area contributed by atoms with Crippen LogP contribution in [0.4, 0.5) is 18.3 Å². The van der Waals surface area contributed by atoms with Crippen molar-refractivity contribution >= 4 is 38.6 Å². The molecule has 0 saturated carbocycles. The summed E-state index contributed by atoms with van der Waals surface area (Å²) in [5, 5.41) is 4.13. The fourth-order valence-electron chi connectivity index (χ4n) is 2.78. The van der Waals surface area contributed by atoms with E-state index in [1.807, 2.05) is 0 Å². The molecular weight excluding hydrogens is 371 g/mol. The lowest BCUT2D eigenvalue weighted by Gasteiger charge is -2.31. The Labute approximate surface area is 150 Å². The van der Waals surface area contributed by atoms with Crippen LogP contribution in [0.25, 0.3) is 10.2 Å². The molecule has 0 aliphatic carbocycles. The molecule has 1 aliphatic rings. The molecule has 0 radical (unpaired) electrons. The van der Waals surface area contributed by atoms with Crippen molar-refractivity contribution in [2.75, 3.05) is 11.9 Å². The van der Waals surface area contributed by atoms with Gasteiger partial charge in [-0.25, -0.2) is 9.78 Å². The summed E-state index contributed by atoms with van der Waals surface area (Å²) in [6, 6.07) is 6.75. The smallest absolute Gasteiger partial charge is 0.425 e. The van der Waals surface area contributed by atoms with Crippen molar-refractivity contribution in [2.24, 2.45) is 0 Å². The number of aromatic nitrogens is 1. The maximum Gasteiger partial charge on any atom is 0.425 e. The Morgan fingerprint density at radius 1 is 1.38 bits per heavy atom. The highest BCUT2D eigenvalue weighted by molar-refractivity contribution is 7.22. The molecule has 2 heterocycles. The first kappa shape index (κ1) is 18.2. The molecule has 0 saturated heterocycles. The fraction of sp³-hybridized carbons (Fsp3) is 0.312. The largest absolute Gasteiger partial charge is 0.462 e. The van der Waals surface area contributed by atoms with Crippen molar-refractivity contribution in [1.82, 2.24) is 10.3 Å². The van der Waals surface area contributed by atoms with Gasteiger partial charge >= 0.3 is 12.1 Å². The first-order valence-corrected chi connectivity index (χ1v) is 8.42. The van der Waals surface area contributed by atoms with Crippen LogP contribution in [0.3, 0.4) is 0 Å². The second kappa shape index (κ2) is 6.27. The van der Waals surface area contributed by atoms with Gasteiger partial charge in [0.2, 0.25) is 5.54 Å². The molecule has 1 atom stereocenters. The number of hydrogen-bond donors (Lipinski definition) is 2. The molecule has 3 rings (SSSR count). The third kappa shape index (κ3) is 2.70. The quantitative estimate of drug-likeness (QED) is 0.791. The lowest BCUT2D eigenvalue weighted by atomic mass is 9.89. The summed E-state index contributed by atoms with van der Waals surface area (Å²) in [7, 11) is 0. The van der Waals surface area contributed by atoms with Gasteiger partial charge in [0.05, 0.1) is 16.8 Å². The summed E-state index contributed by atoms with van der Waals surface area (Å²) in [6.45, 7) is 2.56. The average molecular weight is 385 g/mol. The Morgan fingerprint density at radius 2 is 2.08 bits per heavy atom. The number of thiazole rings is 1. The molecule has 2 N–H and O–H groups in total. The molecular formula is C16H14F3N3O3S. The Bertz CT molecular complexity index is 889. The van der Waals surface area contributed by atoms with Gasteiger partial charge in [0.25, 0.3) is 5.91 Å². The molecule has 26 heavy (non-hydrogen) atoms. The number of nitrogens with zero attached hydrogens (tertiary/aromatic N) is 1. The van der Waals surface area contributed by atoms with Crippen LogP contribution in [0.5, 0.6) is 0 Å². The Kier molecular flexibility index (Phi) is 4.39. The second-order valence-electron chi connectivity index (χ2n) is 5.53. The zero-order valence-corrected chi connectivity index (χ0v) is 14.5. The summed E-state index contributed by atoms with van der Waals surface area (Å²) in [4.78, 5) is 28.6. The zero-order valence-electron chi connectivity index (χ0n) is 13.7. The van der Waals surface area contributed by atoms with Crippen LogP contribution in [-0.2, 0) is 14.3 Å². The minimum absolute atomic E-state index is 0.126. The fourth-order valence-corrected chi connectivity index (χ4v) is 3.70. The Hall–Kier alpha value is -2.62. The number of para-hydroxylation sites is 1. The van der Waals surface area contributed by atoms with E-state index in [0.29, 0.717) is 10.2 Å². The van der Waals surface area contributed by atoms with Gasteiger partial charge in [0.15, 0.2) is 5.13 Å². The number of fused-ring (bicyclic) bond motifs is 1. The van der Waals surface area contributed by atoms with E-state index in [1.54, 1.807) is 24.3 Å². The van der Waals surface area contributed by atoms with E-state index in [4.69, 9.17) is 4.74 Å². The van der Waals surface area contributed by atoms with Crippen LogP contribution in [0.2, 0.25) is 0 Å². The third-order valence-corrected chi connectivity index (χ3v) is 4.84. The Balaban J connectivity index is 2.14. The molecule has 2 aromatic rings. The van der Waals surface area contributed by atoms with E-state index in [-0.39, 0.29) is 17.4 Å². The number of nitrogens with one attached hydrogen (secondary N) is 2. The summed E-state index contributed by atoms with van der Waals surface area (Å²) in [6.07, 6.45) is -5.10. The molecule has 0 spiro atoms. The summed E-state index contributed by atoms with van der Waals surface area (Å²) in [5.41, 5.74) is -3.80. The van der Waals surface area contributed by atoms with Gasteiger partial charge in [0.1, 0.15) is 5.57 Å². The maximum atomic E-state index is 14.0. The van der Waals surface area contributed by atoms with E-state index in [9.17, 15) is 22.8 Å². The average Bonchev–Trinajstić information content (AvgIpc) is 3.05. The molecule has 6 nitrogen and oxygen atoms in total. The number of alkyl halides is 3. The van der Waals surface area contributed by atoms with Crippen molar-refractivity contribution in [1.29, 1.82) is 0 Å². The molecule has 1 amide bonds. The van der Waals surface area contributed by atoms with Gasteiger partial charge in [-0.1, -0.05) is 23.5 Å². The van der Waals surface area contributed by atoms with Crippen LogP contribution >= 0.6 is 11.3 Å². The number of carbonyl (C=O) groups is 2. The number of halogens is 3. The highest BCUT2D eigenvalue weighted by atomic mass is 32.1. The summed E-state index contributed by atoms with van der Waals surface area (Å²) >= 11 is 0.952. The maximum absolute atomic E-state index is 14.0. The van der Waals surface area contributed by atoms with E-state index in [2.05, 4.69) is 15.6 Å². The van der Waals surface area contributed by atoms with Gasteiger partial charge in [-0.05, 0) is 26.0 Å². The van der Waals surface area contributed by atoms with Gasteiger partial charge in [-0.2, -0.15) is 13.2 Å². The number of ether oxygens (including phenoxy) is 1. The van der Waals surface area contributed by atoms with Crippen LogP contribution in [0.1, 0.15) is 13.8 Å². The highest BCUT2D eigenvalue weighted by Gasteiger charge is 2.68. The number of hydrogen-bond acceptors (Lipinski definition) is 6. The lowest BCUT2D eigenvalue weighted by molar-refractivity contribution is -0.179. The van der Waals surface area contributed by atoms with Crippen LogP contribution in [-0.4, -0.2) is 35.2 Å². The molecule has 0 fully saturated rings. The minimum atomic E-state index is -5.10. The predicted octanol–water partition coefficient (Wildman–Crippen LogP) is 2.98. The SMILES string of the molecule is CCOC(=O)C1=C(C)NC(=O)[C@@]1(Nc1nc2ccccc2s1)C(F)(F)F. The first-order valence-electron chi connectivity index (χ1n) is 7.61. The van der Waals surface area contributed by atoms with Gasteiger partial charge in [0, 0.05) is 5.70 Å². The number of benzene rings is 1. The third-order valence-electron chi connectivity index (χ3n) is 3.88. The number of anilines is 1. The van der Waals surface area contributed by atoms with Gasteiger partial charge in [-0.15, -0.1) is 0 Å². The van der Waals surface area contributed by atoms with Crippen LogP contribution in [0.15, 0.2) is 35.5 Å². The number of esters is 1. The van der Waals surface area contributed by atoms with E-state index in [1.165, 1.54) is 13.8 Å². The van der Waals surface area contributed by atoms with Crippen molar-refractivity contribution in [2.45, 2.75) is 25.6 Å². The topological polar surface area (TPSA) is 80.3 Å². The molecule has 1 aromatic heterocycles. The molecule has 0 unspecified atom stereocenters. The van der Waals surface area contributed by atoms with Crippen molar-refractivity contribution in [3.63, 3.8) is 0 Å². The number of allylic oxidation sites excluding steroid dienone is 1.